The van der Waals surface area contributed by atoms with Crippen LogP contribution >= 0.6 is 11.6 Å². The van der Waals surface area contributed by atoms with Crippen molar-refractivity contribution in [3.63, 3.8) is 0 Å². The molecule has 3 rings (SSSR count). The highest BCUT2D eigenvalue weighted by Gasteiger charge is 2.28. The quantitative estimate of drug-likeness (QED) is 0.541. The van der Waals surface area contributed by atoms with Crippen LogP contribution in [0.1, 0.15) is 68.6 Å². The Morgan fingerprint density at radius 3 is 2.63 bits per heavy atom. The second-order valence-corrected chi connectivity index (χ2v) is 7.87. The van der Waals surface area contributed by atoms with Crippen LogP contribution in [0.25, 0.3) is 0 Å². The van der Waals surface area contributed by atoms with E-state index in [1.165, 1.54) is 0 Å². The molecule has 1 aromatic carbocycles. The van der Waals surface area contributed by atoms with Crippen molar-refractivity contribution in [3.8, 4) is 11.5 Å². The molecule has 2 aromatic rings. The van der Waals surface area contributed by atoms with Gasteiger partial charge in [-0.1, -0.05) is 24.9 Å². The number of ether oxygens (including phenoxy) is 2. The van der Waals surface area contributed by atoms with E-state index in [0.717, 1.165) is 38.1 Å². The van der Waals surface area contributed by atoms with Gasteiger partial charge in [0, 0.05) is 31.1 Å². The third kappa shape index (κ3) is 5.06. The summed E-state index contributed by atoms with van der Waals surface area (Å²) in [7, 11) is 0. The van der Waals surface area contributed by atoms with Crippen molar-refractivity contribution >= 4 is 17.5 Å². The molecule has 0 unspecified atom stereocenters. The fourth-order valence-electron chi connectivity index (χ4n) is 3.76. The molecule has 0 N–H and O–H groups in total. The number of unbranched alkanes of at least 4 members (excludes halogenated alkanes) is 1. The molecule has 2 heterocycles. The summed E-state index contributed by atoms with van der Waals surface area (Å²) in [4.78, 5) is 15.0. The Morgan fingerprint density at radius 1 is 1.20 bits per heavy atom. The van der Waals surface area contributed by atoms with Crippen molar-refractivity contribution in [1.82, 2.24) is 19.7 Å². The van der Waals surface area contributed by atoms with Gasteiger partial charge in [-0.25, -0.2) is 0 Å². The van der Waals surface area contributed by atoms with Crippen LogP contribution in [-0.2, 0) is 6.54 Å². The van der Waals surface area contributed by atoms with Crippen molar-refractivity contribution in [2.24, 2.45) is 0 Å². The average molecular weight is 435 g/mol. The number of amides is 1. The van der Waals surface area contributed by atoms with Gasteiger partial charge in [-0.05, 0) is 45.2 Å². The minimum atomic E-state index is -0.0339. The molecule has 8 heteroatoms. The molecule has 0 aliphatic carbocycles. The van der Waals surface area contributed by atoms with E-state index in [1.54, 1.807) is 18.5 Å². The van der Waals surface area contributed by atoms with Gasteiger partial charge in [-0.3, -0.25) is 4.79 Å². The summed E-state index contributed by atoms with van der Waals surface area (Å²) in [6.45, 7) is 9.34. The fraction of sp³-hybridized carbons (Fsp3) is 0.591. The number of benzene rings is 1. The highest BCUT2D eigenvalue weighted by molar-refractivity contribution is 6.32. The second kappa shape index (κ2) is 10.7. The standard InChI is InChI=1S/C22H31ClN4O3/c1-4-7-12-30-20-18(23)13-17(14-19(20)29-6-3)22(28)27-10-8-16(9-11-27)21-25-24-15-26(21)5-2/h13-16H,4-12H2,1-3H3. The Kier molecular flexibility index (Phi) is 7.96. The van der Waals surface area contributed by atoms with E-state index in [0.29, 0.717) is 54.3 Å². The molecular weight excluding hydrogens is 404 g/mol. The van der Waals surface area contributed by atoms with E-state index in [9.17, 15) is 4.79 Å². The number of piperidine rings is 1. The van der Waals surface area contributed by atoms with E-state index in [1.807, 2.05) is 11.8 Å². The number of hydrogen-bond acceptors (Lipinski definition) is 5. The van der Waals surface area contributed by atoms with Gasteiger partial charge in [0.05, 0.1) is 18.2 Å². The molecule has 30 heavy (non-hydrogen) atoms. The van der Waals surface area contributed by atoms with E-state index in [2.05, 4.69) is 28.6 Å². The van der Waals surface area contributed by atoms with Crippen molar-refractivity contribution in [3.05, 3.63) is 34.9 Å². The van der Waals surface area contributed by atoms with E-state index < -0.39 is 0 Å². The Balaban J connectivity index is 1.70. The number of hydrogen-bond donors (Lipinski definition) is 0. The monoisotopic (exact) mass is 434 g/mol. The summed E-state index contributed by atoms with van der Waals surface area (Å²) in [5, 5.41) is 8.73. The zero-order valence-corrected chi connectivity index (χ0v) is 18.8. The van der Waals surface area contributed by atoms with Crippen LogP contribution in [0.15, 0.2) is 18.5 Å². The molecule has 0 atom stereocenters. The number of aromatic nitrogens is 3. The number of halogens is 1. The molecule has 1 aromatic heterocycles. The van der Waals surface area contributed by atoms with Gasteiger partial charge in [-0.15, -0.1) is 10.2 Å². The van der Waals surface area contributed by atoms with Gasteiger partial charge < -0.3 is 18.9 Å². The predicted molar refractivity (Wildman–Crippen MR) is 117 cm³/mol. The van der Waals surface area contributed by atoms with Gasteiger partial charge in [0.25, 0.3) is 5.91 Å². The molecular formula is C22H31ClN4O3. The normalized spacial score (nSPS) is 14.7. The minimum absolute atomic E-state index is 0.0339. The van der Waals surface area contributed by atoms with Gasteiger partial charge in [0.15, 0.2) is 11.5 Å². The molecule has 1 aliphatic heterocycles. The van der Waals surface area contributed by atoms with Gasteiger partial charge in [0.2, 0.25) is 0 Å². The molecule has 1 amide bonds. The fourth-order valence-corrected chi connectivity index (χ4v) is 4.03. The van der Waals surface area contributed by atoms with Gasteiger partial charge in [-0.2, -0.15) is 0 Å². The summed E-state index contributed by atoms with van der Waals surface area (Å²) < 4.78 is 13.6. The van der Waals surface area contributed by atoms with E-state index >= 15 is 0 Å². The molecule has 0 spiro atoms. The lowest BCUT2D eigenvalue weighted by Gasteiger charge is -2.32. The smallest absolute Gasteiger partial charge is 0.254 e. The third-order valence-corrected chi connectivity index (χ3v) is 5.71. The zero-order valence-electron chi connectivity index (χ0n) is 18.1. The topological polar surface area (TPSA) is 69.5 Å². The van der Waals surface area contributed by atoms with Crippen LogP contribution in [-0.4, -0.2) is 51.9 Å². The Morgan fingerprint density at radius 2 is 1.97 bits per heavy atom. The Bertz CT molecular complexity index is 847. The van der Waals surface area contributed by atoms with Crippen LogP contribution < -0.4 is 9.47 Å². The molecule has 1 fully saturated rings. The molecule has 0 radical (unpaired) electrons. The van der Waals surface area contributed by atoms with Gasteiger partial charge in [0.1, 0.15) is 12.2 Å². The first kappa shape index (κ1) is 22.4. The number of rotatable bonds is 9. The molecule has 7 nitrogen and oxygen atoms in total. The number of likely N-dealkylation sites (tertiary alicyclic amines) is 1. The van der Waals surface area contributed by atoms with Crippen LogP contribution in [0.4, 0.5) is 0 Å². The number of carbonyl (C=O) groups is 1. The molecule has 0 saturated carbocycles. The van der Waals surface area contributed by atoms with Crippen molar-refractivity contribution in [2.45, 2.75) is 58.9 Å². The SMILES string of the molecule is CCCCOc1c(Cl)cc(C(=O)N2CCC(c3nncn3CC)CC2)cc1OCC. The average Bonchev–Trinajstić information content (AvgIpc) is 3.24. The minimum Gasteiger partial charge on any atom is -0.490 e. The van der Waals surface area contributed by atoms with Crippen LogP contribution in [0.5, 0.6) is 11.5 Å². The van der Waals surface area contributed by atoms with Gasteiger partial charge >= 0.3 is 0 Å². The predicted octanol–water partition coefficient (Wildman–Crippen LogP) is 4.55. The first-order valence-corrected chi connectivity index (χ1v) is 11.2. The maximum Gasteiger partial charge on any atom is 0.254 e. The van der Waals surface area contributed by atoms with Crippen molar-refractivity contribution < 1.29 is 14.3 Å². The lowest BCUT2D eigenvalue weighted by molar-refractivity contribution is 0.0709. The molecule has 164 valence electrons. The molecule has 0 bridgehead atoms. The van der Waals surface area contributed by atoms with Crippen LogP contribution in [0.2, 0.25) is 5.02 Å². The first-order chi connectivity index (χ1) is 14.6. The zero-order chi connectivity index (χ0) is 21.5. The summed E-state index contributed by atoms with van der Waals surface area (Å²) in [6.07, 6.45) is 5.48. The second-order valence-electron chi connectivity index (χ2n) is 7.46. The lowest BCUT2D eigenvalue weighted by atomic mass is 9.95. The maximum absolute atomic E-state index is 13.1. The third-order valence-electron chi connectivity index (χ3n) is 5.43. The molecule has 1 saturated heterocycles. The highest BCUT2D eigenvalue weighted by Crippen LogP contribution is 2.37. The maximum atomic E-state index is 13.1. The summed E-state index contributed by atoms with van der Waals surface area (Å²) in [5.41, 5.74) is 0.529. The van der Waals surface area contributed by atoms with Crippen molar-refractivity contribution in [1.29, 1.82) is 0 Å². The number of carbonyl (C=O) groups excluding carboxylic acids is 1. The summed E-state index contributed by atoms with van der Waals surface area (Å²) in [5.74, 6) is 2.35. The Hall–Kier alpha value is -2.28. The van der Waals surface area contributed by atoms with E-state index in [-0.39, 0.29) is 5.91 Å². The van der Waals surface area contributed by atoms with E-state index in [4.69, 9.17) is 21.1 Å². The lowest BCUT2D eigenvalue weighted by Crippen LogP contribution is -2.38. The van der Waals surface area contributed by atoms with Crippen LogP contribution in [0.3, 0.4) is 0 Å². The summed E-state index contributed by atoms with van der Waals surface area (Å²) in [6, 6.07) is 3.44. The molecule has 1 aliphatic rings. The Labute approximate surface area is 183 Å². The number of nitrogens with zero attached hydrogens (tertiary/aromatic N) is 4. The largest absolute Gasteiger partial charge is 0.490 e. The van der Waals surface area contributed by atoms with Crippen LogP contribution in [0, 0.1) is 0 Å². The van der Waals surface area contributed by atoms with Crippen molar-refractivity contribution in [2.75, 3.05) is 26.3 Å². The summed E-state index contributed by atoms with van der Waals surface area (Å²) >= 11 is 6.46. The highest BCUT2D eigenvalue weighted by atomic mass is 35.5. The number of aryl methyl sites for hydroxylation is 1. The first-order valence-electron chi connectivity index (χ1n) is 10.8.